The van der Waals surface area contributed by atoms with Gasteiger partial charge in [-0.25, -0.2) is 13.6 Å². The van der Waals surface area contributed by atoms with Crippen LogP contribution in [0.25, 0.3) is 11.1 Å². The summed E-state index contributed by atoms with van der Waals surface area (Å²) in [6.07, 6.45) is 5.14. The molecule has 0 aromatic heterocycles. The molecule has 2 aromatic carbocycles. The van der Waals surface area contributed by atoms with Gasteiger partial charge in [0.2, 0.25) is 0 Å². The number of benzene rings is 2. The smallest absolute Gasteiger partial charge is 0.326 e. The number of nitrogens with zero attached hydrogens (tertiary/aromatic N) is 3. The van der Waals surface area contributed by atoms with Crippen molar-refractivity contribution >= 4 is 23.4 Å². The fraction of sp³-hybridized carbons (Fsp3) is 0.533. The third-order valence-corrected chi connectivity index (χ3v) is 9.26. The molecule has 1 aliphatic carbocycles. The molecule has 4 aliphatic rings. The molecular weight excluding hydrogens is 540 g/mol. The highest BCUT2D eigenvalue weighted by Crippen LogP contribution is 2.51. The minimum atomic E-state index is -0.809. The van der Waals surface area contributed by atoms with Gasteiger partial charge < -0.3 is 19.6 Å². The first-order valence-electron chi connectivity index (χ1n) is 14.0. The van der Waals surface area contributed by atoms with Gasteiger partial charge in [-0.15, -0.1) is 0 Å². The van der Waals surface area contributed by atoms with Crippen molar-refractivity contribution in [2.75, 3.05) is 26.7 Å². The van der Waals surface area contributed by atoms with Crippen LogP contribution in [0, 0.1) is 17.6 Å². The van der Waals surface area contributed by atoms with Crippen molar-refractivity contribution in [3.8, 4) is 16.9 Å². The molecule has 6 rings (SSSR count). The minimum Gasteiger partial charge on any atom is -0.495 e. The number of amidine groups is 1. The molecule has 2 atom stereocenters. The molecule has 2 aromatic rings. The Hall–Kier alpha value is -2.91. The Labute approximate surface area is 237 Å². The number of ether oxygens (including phenoxy) is 1. The largest absolute Gasteiger partial charge is 0.495 e. The number of aliphatic carboxylic acids is 1. The van der Waals surface area contributed by atoms with E-state index in [9.17, 15) is 18.7 Å². The van der Waals surface area contributed by atoms with Crippen LogP contribution in [0.5, 0.6) is 5.75 Å². The Balaban J connectivity index is 1.18. The van der Waals surface area contributed by atoms with E-state index in [4.69, 9.17) is 21.2 Å². The van der Waals surface area contributed by atoms with Crippen LogP contribution >= 0.6 is 11.6 Å². The maximum Gasteiger partial charge on any atom is 0.326 e. The number of methoxy groups -OCH3 is 1. The molecule has 1 spiro atoms. The van der Waals surface area contributed by atoms with Gasteiger partial charge in [-0.2, -0.15) is 0 Å². The summed E-state index contributed by atoms with van der Waals surface area (Å²) in [5.74, 6) is -0.190. The van der Waals surface area contributed by atoms with Crippen LogP contribution in [0.3, 0.4) is 0 Å². The SMILES string of the molecule is CCC1CCN(C2=NOC3(C2)CN(Cc2cc(C4CC4)c(-c4ccc(F)cc4F)c(Cl)c2OC)C3)C(C(=O)O)C1. The average molecular weight is 574 g/mol. The van der Waals surface area contributed by atoms with Crippen LogP contribution in [0.2, 0.25) is 5.02 Å². The highest BCUT2D eigenvalue weighted by molar-refractivity contribution is 6.35. The van der Waals surface area contributed by atoms with Gasteiger partial charge in [0.25, 0.3) is 0 Å². The lowest BCUT2D eigenvalue weighted by atomic mass is 9.86. The molecule has 3 heterocycles. The lowest BCUT2D eigenvalue weighted by Gasteiger charge is -2.46. The molecule has 10 heteroatoms. The van der Waals surface area contributed by atoms with Crippen LogP contribution in [-0.4, -0.2) is 65.1 Å². The third kappa shape index (κ3) is 4.91. The molecular formula is C30H34ClF2N3O4. The van der Waals surface area contributed by atoms with Crippen molar-refractivity contribution in [3.63, 3.8) is 0 Å². The van der Waals surface area contributed by atoms with E-state index in [0.29, 0.717) is 61.3 Å². The van der Waals surface area contributed by atoms with E-state index in [2.05, 4.69) is 23.0 Å². The second-order valence-corrected chi connectivity index (χ2v) is 12.1. The highest BCUT2D eigenvalue weighted by Gasteiger charge is 2.52. The van der Waals surface area contributed by atoms with E-state index in [0.717, 1.165) is 48.7 Å². The van der Waals surface area contributed by atoms with Crippen molar-refractivity contribution in [3.05, 3.63) is 52.0 Å². The zero-order valence-electron chi connectivity index (χ0n) is 22.8. The lowest BCUT2D eigenvalue weighted by Crippen LogP contribution is -2.62. The summed E-state index contributed by atoms with van der Waals surface area (Å²) in [5, 5.41) is 14.5. The molecule has 2 saturated heterocycles. The molecule has 214 valence electrons. The van der Waals surface area contributed by atoms with Gasteiger partial charge in [-0.3, -0.25) is 4.90 Å². The molecule has 2 unspecified atom stereocenters. The molecule has 40 heavy (non-hydrogen) atoms. The fourth-order valence-electron chi connectivity index (χ4n) is 6.63. The number of hydrogen-bond acceptors (Lipinski definition) is 6. The van der Waals surface area contributed by atoms with Gasteiger partial charge in [0.1, 0.15) is 29.3 Å². The second-order valence-electron chi connectivity index (χ2n) is 11.7. The van der Waals surface area contributed by atoms with E-state index in [1.807, 2.05) is 4.90 Å². The number of piperidine rings is 1. The topological polar surface area (TPSA) is 74.6 Å². The monoisotopic (exact) mass is 573 g/mol. The lowest BCUT2D eigenvalue weighted by molar-refractivity contribution is -0.143. The zero-order chi connectivity index (χ0) is 28.2. The Bertz CT molecular complexity index is 1360. The Kier molecular flexibility index (Phi) is 7.15. The number of carbonyl (C=O) groups is 1. The van der Waals surface area contributed by atoms with Crippen molar-refractivity contribution in [1.82, 2.24) is 9.80 Å². The van der Waals surface area contributed by atoms with E-state index >= 15 is 0 Å². The first-order valence-corrected chi connectivity index (χ1v) is 14.4. The number of rotatable bonds is 7. The molecule has 3 aliphatic heterocycles. The van der Waals surface area contributed by atoms with Crippen molar-refractivity contribution in [1.29, 1.82) is 0 Å². The average Bonchev–Trinajstić information content (AvgIpc) is 3.67. The van der Waals surface area contributed by atoms with Gasteiger partial charge in [0.05, 0.1) is 18.6 Å². The molecule has 0 bridgehead atoms. The summed E-state index contributed by atoms with van der Waals surface area (Å²) in [4.78, 5) is 22.1. The standard InChI is InChI=1S/C30H34ClF2N3O4/c1-3-17-8-9-36(24(10-17)29(37)38)25-13-30(40-34-25)15-35(16-30)14-19-11-22(18-4-5-18)26(27(31)28(19)39-2)21-7-6-20(32)12-23(21)33/h6-7,11-12,17-18,24H,3-5,8-10,13-16H2,1-2H3,(H,37,38). The Morgan fingerprint density at radius 3 is 2.67 bits per heavy atom. The van der Waals surface area contributed by atoms with Gasteiger partial charge in [0, 0.05) is 48.9 Å². The van der Waals surface area contributed by atoms with Crippen molar-refractivity contribution in [2.24, 2.45) is 11.1 Å². The van der Waals surface area contributed by atoms with Gasteiger partial charge in [-0.1, -0.05) is 30.1 Å². The van der Waals surface area contributed by atoms with Crippen LogP contribution in [0.4, 0.5) is 8.78 Å². The summed E-state index contributed by atoms with van der Waals surface area (Å²) >= 11 is 6.87. The Morgan fingerprint density at radius 2 is 2.02 bits per heavy atom. The number of oxime groups is 1. The number of carboxylic acid groups (broad SMARTS) is 1. The number of carboxylic acids is 1. The predicted molar refractivity (Wildman–Crippen MR) is 148 cm³/mol. The Morgan fingerprint density at radius 1 is 1.25 bits per heavy atom. The molecule has 0 amide bonds. The summed E-state index contributed by atoms with van der Waals surface area (Å²) in [7, 11) is 1.55. The van der Waals surface area contributed by atoms with Crippen molar-refractivity contribution < 1.29 is 28.3 Å². The quantitative estimate of drug-likeness (QED) is 0.436. The summed E-state index contributed by atoms with van der Waals surface area (Å²) in [6.45, 7) is 4.62. The number of halogens is 3. The summed E-state index contributed by atoms with van der Waals surface area (Å²) < 4.78 is 34.2. The number of likely N-dealkylation sites (tertiary alicyclic amines) is 2. The second kappa shape index (κ2) is 10.5. The molecule has 1 N–H and O–H groups in total. The maximum absolute atomic E-state index is 14.8. The van der Waals surface area contributed by atoms with Crippen molar-refractivity contribution in [2.45, 2.75) is 69.6 Å². The summed E-state index contributed by atoms with van der Waals surface area (Å²) in [6, 6.07) is 5.05. The van der Waals surface area contributed by atoms with Crippen LogP contribution in [0.1, 0.15) is 62.5 Å². The normalized spacial score (nSPS) is 24.0. The maximum atomic E-state index is 14.8. The fourth-order valence-corrected chi connectivity index (χ4v) is 7.04. The number of hydrogen-bond donors (Lipinski definition) is 1. The van der Waals surface area contributed by atoms with E-state index in [1.54, 1.807) is 7.11 Å². The van der Waals surface area contributed by atoms with E-state index in [1.165, 1.54) is 12.1 Å². The van der Waals surface area contributed by atoms with Crippen LogP contribution in [-0.2, 0) is 16.2 Å². The van der Waals surface area contributed by atoms with E-state index < -0.39 is 29.2 Å². The molecule has 1 saturated carbocycles. The first kappa shape index (κ1) is 27.3. The first-order chi connectivity index (χ1) is 19.2. The molecule has 3 fully saturated rings. The highest BCUT2D eigenvalue weighted by atomic mass is 35.5. The van der Waals surface area contributed by atoms with Crippen LogP contribution in [0.15, 0.2) is 29.4 Å². The minimum absolute atomic E-state index is 0.271. The molecule has 0 radical (unpaired) electrons. The van der Waals surface area contributed by atoms with Gasteiger partial charge >= 0.3 is 5.97 Å². The summed E-state index contributed by atoms with van der Waals surface area (Å²) in [5.41, 5.74) is 2.24. The van der Waals surface area contributed by atoms with Gasteiger partial charge in [0.15, 0.2) is 5.60 Å². The van der Waals surface area contributed by atoms with Crippen LogP contribution < -0.4 is 4.74 Å². The predicted octanol–water partition coefficient (Wildman–Crippen LogP) is 6.03. The molecule has 7 nitrogen and oxygen atoms in total. The van der Waals surface area contributed by atoms with Gasteiger partial charge in [-0.05, 0) is 61.3 Å². The third-order valence-electron chi connectivity index (χ3n) is 8.90. The van der Waals surface area contributed by atoms with E-state index in [-0.39, 0.29) is 11.5 Å². The zero-order valence-corrected chi connectivity index (χ0v) is 23.5.